The third-order valence-corrected chi connectivity index (χ3v) is 7.05. The Hall–Kier alpha value is -0.820. The third kappa shape index (κ3) is 1.45. The lowest BCUT2D eigenvalue weighted by Gasteiger charge is -2.57. The van der Waals surface area contributed by atoms with E-state index in [2.05, 4.69) is 29.6 Å². The maximum atomic E-state index is 2.50. The van der Waals surface area contributed by atoms with Crippen LogP contribution in [0.4, 0.5) is 0 Å². The fraction of sp³-hybridized carbons (Fsp3) is 0.556. The van der Waals surface area contributed by atoms with Crippen LogP contribution in [0.25, 0.3) is 10.1 Å². The molecule has 0 N–H and O–H groups in total. The quantitative estimate of drug-likeness (QED) is 0.652. The number of thiophene rings is 1. The van der Waals surface area contributed by atoms with E-state index in [0.29, 0.717) is 5.41 Å². The Balaban J connectivity index is 1.69. The van der Waals surface area contributed by atoms with Crippen LogP contribution in [0.1, 0.15) is 44.1 Å². The Bertz CT molecular complexity index is 601. The summed E-state index contributed by atoms with van der Waals surface area (Å²) in [6.07, 6.45) is 9.09. The lowest BCUT2D eigenvalue weighted by Crippen LogP contribution is -2.48. The number of hydrogen-bond acceptors (Lipinski definition) is 1. The fourth-order valence-electron chi connectivity index (χ4n) is 5.83. The summed E-state index contributed by atoms with van der Waals surface area (Å²) in [6.45, 7) is 0. The summed E-state index contributed by atoms with van der Waals surface area (Å²) in [5, 5.41) is 4.06. The fourth-order valence-corrected chi connectivity index (χ4v) is 6.91. The normalized spacial score (nSPS) is 40.1. The first-order chi connectivity index (χ1) is 9.32. The van der Waals surface area contributed by atoms with Gasteiger partial charge in [-0.2, -0.15) is 0 Å². The first-order valence-corrected chi connectivity index (χ1v) is 8.67. The van der Waals surface area contributed by atoms with Crippen molar-refractivity contribution in [2.45, 2.75) is 43.9 Å². The van der Waals surface area contributed by atoms with Gasteiger partial charge in [0.2, 0.25) is 0 Å². The number of hydrogen-bond donors (Lipinski definition) is 0. The minimum Gasteiger partial charge on any atom is -0.144 e. The Labute approximate surface area is 118 Å². The van der Waals surface area contributed by atoms with Crippen molar-refractivity contribution in [3.05, 3.63) is 35.2 Å². The predicted octanol–water partition coefficient (Wildman–Crippen LogP) is 5.37. The monoisotopic (exact) mass is 268 g/mol. The van der Waals surface area contributed by atoms with Crippen LogP contribution in [0, 0.1) is 17.8 Å². The SMILES string of the molecule is c1ccc2c(C34CC5CC(CC(C5)C3)C4)csc2c1. The van der Waals surface area contributed by atoms with Crippen LogP contribution in [0.2, 0.25) is 0 Å². The van der Waals surface area contributed by atoms with E-state index in [0.717, 1.165) is 17.8 Å². The van der Waals surface area contributed by atoms with E-state index in [4.69, 9.17) is 0 Å². The Kier molecular flexibility index (Phi) is 2.09. The second kappa shape index (κ2) is 3.63. The highest BCUT2D eigenvalue weighted by atomic mass is 32.1. The third-order valence-electron chi connectivity index (χ3n) is 6.09. The van der Waals surface area contributed by atoms with Crippen molar-refractivity contribution < 1.29 is 0 Å². The van der Waals surface area contributed by atoms with Crippen LogP contribution in [-0.2, 0) is 5.41 Å². The van der Waals surface area contributed by atoms with E-state index in [1.165, 1.54) is 24.0 Å². The van der Waals surface area contributed by atoms with Gasteiger partial charge in [0.05, 0.1) is 0 Å². The maximum Gasteiger partial charge on any atom is 0.0345 e. The van der Waals surface area contributed by atoms with Crippen LogP contribution < -0.4 is 0 Å². The van der Waals surface area contributed by atoms with Crippen molar-refractivity contribution in [2.24, 2.45) is 17.8 Å². The first-order valence-electron chi connectivity index (χ1n) is 7.79. The van der Waals surface area contributed by atoms with E-state index in [1.807, 2.05) is 11.3 Å². The average molecular weight is 268 g/mol. The maximum absolute atomic E-state index is 2.50. The van der Waals surface area contributed by atoms with E-state index in [9.17, 15) is 0 Å². The summed E-state index contributed by atoms with van der Waals surface area (Å²) in [5.41, 5.74) is 2.28. The molecule has 0 nitrogen and oxygen atoms in total. The molecule has 4 fully saturated rings. The zero-order valence-electron chi connectivity index (χ0n) is 11.3. The Morgan fingerprint density at radius 1 is 0.895 bits per heavy atom. The van der Waals surface area contributed by atoms with Crippen LogP contribution in [0.15, 0.2) is 29.6 Å². The molecule has 0 aliphatic heterocycles. The average Bonchev–Trinajstić information content (AvgIpc) is 2.81. The highest BCUT2D eigenvalue weighted by Crippen LogP contribution is 2.61. The zero-order valence-corrected chi connectivity index (χ0v) is 12.1. The predicted molar refractivity (Wildman–Crippen MR) is 81.7 cm³/mol. The Morgan fingerprint density at radius 3 is 2.21 bits per heavy atom. The molecule has 0 radical (unpaired) electrons. The van der Waals surface area contributed by atoms with E-state index in [1.54, 1.807) is 30.2 Å². The van der Waals surface area contributed by atoms with Gasteiger partial charge in [-0.1, -0.05) is 18.2 Å². The van der Waals surface area contributed by atoms with Crippen molar-refractivity contribution in [1.29, 1.82) is 0 Å². The van der Waals surface area contributed by atoms with Gasteiger partial charge in [-0.05, 0) is 84.1 Å². The Morgan fingerprint density at radius 2 is 1.53 bits per heavy atom. The standard InChI is InChI=1S/C18H20S/c1-2-4-17-15(3-1)16(11-19-17)18-8-12-5-13(9-18)7-14(6-12)10-18/h1-4,11-14H,5-10H2. The van der Waals surface area contributed by atoms with Gasteiger partial charge >= 0.3 is 0 Å². The molecule has 0 amide bonds. The minimum atomic E-state index is 0.564. The molecule has 4 aliphatic carbocycles. The smallest absolute Gasteiger partial charge is 0.0345 e. The molecule has 0 saturated heterocycles. The van der Waals surface area contributed by atoms with E-state index < -0.39 is 0 Å². The van der Waals surface area contributed by atoms with Crippen molar-refractivity contribution in [2.75, 3.05) is 0 Å². The molecule has 0 atom stereocenters. The molecule has 4 saturated carbocycles. The summed E-state index contributed by atoms with van der Waals surface area (Å²) in [7, 11) is 0. The highest BCUT2D eigenvalue weighted by Gasteiger charge is 2.52. The van der Waals surface area contributed by atoms with Crippen LogP contribution >= 0.6 is 11.3 Å². The molecule has 19 heavy (non-hydrogen) atoms. The van der Waals surface area contributed by atoms with Crippen molar-refractivity contribution >= 4 is 21.4 Å². The zero-order chi connectivity index (χ0) is 12.4. The van der Waals surface area contributed by atoms with Crippen molar-refractivity contribution in [3.63, 3.8) is 0 Å². The van der Waals surface area contributed by atoms with Gasteiger partial charge in [0.25, 0.3) is 0 Å². The van der Waals surface area contributed by atoms with Crippen LogP contribution in [0.5, 0.6) is 0 Å². The summed E-state index contributed by atoms with van der Waals surface area (Å²) in [5.74, 6) is 3.14. The minimum absolute atomic E-state index is 0.564. The summed E-state index contributed by atoms with van der Waals surface area (Å²) in [6, 6.07) is 9.06. The van der Waals surface area contributed by atoms with Crippen molar-refractivity contribution in [3.8, 4) is 0 Å². The molecular formula is C18H20S. The molecule has 1 heterocycles. The molecule has 4 bridgehead atoms. The first kappa shape index (κ1) is 10.9. The van der Waals surface area contributed by atoms with Gasteiger partial charge in [0, 0.05) is 4.70 Å². The molecular weight excluding hydrogens is 248 g/mol. The van der Waals surface area contributed by atoms with Gasteiger partial charge in [-0.15, -0.1) is 11.3 Å². The van der Waals surface area contributed by atoms with Gasteiger partial charge in [0.1, 0.15) is 0 Å². The molecule has 98 valence electrons. The van der Waals surface area contributed by atoms with Crippen LogP contribution in [0.3, 0.4) is 0 Å². The molecule has 1 aromatic heterocycles. The number of benzene rings is 1. The lowest BCUT2D eigenvalue weighted by molar-refractivity contribution is -0.00433. The summed E-state index contributed by atoms with van der Waals surface area (Å²) in [4.78, 5) is 0. The van der Waals surface area contributed by atoms with E-state index >= 15 is 0 Å². The van der Waals surface area contributed by atoms with Gasteiger partial charge in [0.15, 0.2) is 0 Å². The lowest BCUT2D eigenvalue weighted by atomic mass is 9.48. The number of fused-ring (bicyclic) bond motifs is 1. The molecule has 2 aromatic rings. The largest absolute Gasteiger partial charge is 0.144 e. The summed E-state index contributed by atoms with van der Waals surface area (Å²) < 4.78 is 1.49. The molecule has 1 aromatic carbocycles. The van der Waals surface area contributed by atoms with E-state index in [-0.39, 0.29) is 0 Å². The van der Waals surface area contributed by atoms with Gasteiger partial charge in [-0.25, -0.2) is 0 Å². The second-order valence-electron chi connectivity index (χ2n) is 7.34. The van der Waals surface area contributed by atoms with Crippen LogP contribution in [-0.4, -0.2) is 0 Å². The number of rotatable bonds is 1. The topological polar surface area (TPSA) is 0 Å². The van der Waals surface area contributed by atoms with Gasteiger partial charge in [-0.3, -0.25) is 0 Å². The second-order valence-corrected chi connectivity index (χ2v) is 8.25. The van der Waals surface area contributed by atoms with Gasteiger partial charge < -0.3 is 0 Å². The van der Waals surface area contributed by atoms with Crippen molar-refractivity contribution in [1.82, 2.24) is 0 Å². The molecule has 6 rings (SSSR count). The summed E-state index contributed by atoms with van der Waals surface area (Å²) >= 11 is 1.96. The molecule has 0 spiro atoms. The molecule has 4 aliphatic rings. The molecule has 0 unspecified atom stereocenters. The highest BCUT2D eigenvalue weighted by molar-refractivity contribution is 7.17. The molecule has 1 heteroatoms.